The SMILES string of the molecule is Cc1cc(CNC(=O)C2CCCC2CN)cc(C)c1F. The van der Waals surface area contributed by atoms with Gasteiger partial charge in [0.2, 0.25) is 5.91 Å². The summed E-state index contributed by atoms with van der Waals surface area (Å²) in [5, 5.41) is 2.96. The van der Waals surface area contributed by atoms with E-state index >= 15 is 0 Å². The van der Waals surface area contributed by atoms with Gasteiger partial charge in [0.05, 0.1) is 0 Å². The van der Waals surface area contributed by atoms with E-state index in [0.29, 0.717) is 30.1 Å². The number of benzene rings is 1. The standard InChI is InChI=1S/C16H23FN2O/c1-10-6-12(7-11(2)15(10)17)9-19-16(20)14-5-3-4-13(14)8-18/h6-7,13-14H,3-5,8-9,18H2,1-2H3,(H,19,20). The fraction of sp³-hybridized carbons (Fsp3) is 0.562. The smallest absolute Gasteiger partial charge is 0.223 e. The van der Waals surface area contributed by atoms with Crippen LogP contribution >= 0.6 is 0 Å². The molecule has 3 nitrogen and oxygen atoms in total. The highest BCUT2D eigenvalue weighted by molar-refractivity contribution is 5.79. The predicted molar refractivity (Wildman–Crippen MR) is 77.6 cm³/mol. The van der Waals surface area contributed by atoms with Crippen molar-refractivity contribution in [2.24, 2.45) is 17.6 Å². The first-order valence-electron chi connectivity index (χ1n) is 7.26. The highest BCUT2D eigenvalue weighted by Gasteiger charge is 2.31. The second kappa shape index (κ2) is 6.35. The lowest BCUT2D eigenvalue weighted by molar-refractivity contribution is -0.126. The van der Waals surface area contributed by atoms with Gasteiger partial charge >= 0.3 is 0 Å². The van der Waals surface area contributed by atoms with Crippen LogP contribution in [-0.2, 0) is 11.3 Å². The molecule has 1 aromatic carbocycles. The van der Waals surface area contributed by atoms with E-state index in [4.69, 9.17) is 5.73 Å². The Bertz CT molecular complexity index is 478. The Balaban J connectivity index is 1.97. The molecule has 0 aromatic heterocycles. The summed E-state index contributed by atoms with van der Waals surface area (Å²) in [5.74, 6) is 0.269. The van der Waals surface area contributed by atoms with E-state index in [2.05, 4.69) is 5.32 Å². The van der Waals surface area contributed by atoms with Gasteiger partial charge in [-0.1, -0.05) is 18.6 Å². The largest absolute Gasteiger partial charge is 0.352 e. The Morgan fingerprint density at radius 3 is 2.60 bits per heavy atom. The molecule has 0 heterocycles. The van der Waals surface area contributed by atoms with Crippen molar-refractivity contribution in [1.29, 1.82) is 0 Å². The first-order valence-corrected chi connectivity index (χ1v) is 7.26. The number of carbonyl (C=O) groups excluding carboxylic acids is 1. The number of hydrogen-bond donors (Lipinski definition) is 2. The molecule has 2 rings (SSSR count). The summed E-state index contributed by atoms with van der Waals surface area (Å²) in [4.78, 5) is 12.2. The van der Waals surface area contributed by atoms with Crippen molar-refractivity contribution in [2.45, 2.75) is 39.7 Å². The molecule has 2 atom stereocenters. The van der Waals surface area contributed by atoms with Gasteiger partial charge in [0, 0.05) is 12.5 Å². The van der Waals surface area contributed by atoms with E-state index in [1.54, 1.807) is 26.0 Å². The Labute approximate surface area is 119 Å². The summed E-state index contributed by atoms with van der Waals surface area (Å²) in [6, 6.07) is 3.58. The maximum atomic E-state index is 13.6. The van der Waals surface area contributed by atoms with E-state index in [-0.39, 0.29) is 17.6 Å². The number of nitrogens with two attached hydrogens (primary N) is 1. The van der Waals surface area contributed by atoms with Crippen LogP contribution in [0.15, 0.2) is 12.1 Å². The van der Waals surface area contributed by atoms with Crippen LogP contribution in [0, 0.1) is 31.5 Å². The van der Waals surface area contributed by atoms with Crippen molar-refractivity contribution < 1.29 is 9.18 Å². The molecular formula is C16H23FN2O. The zero-order chi connectivity index (χ0) is 14.7. The molecule has 3 N–H and O–H groups in total. The molecule has 1 amide bonds. The monoisotopic (exact) mass is 278 g/mol. The van der Waals surface area contributed by atoms with Crippen LogP contribution in [-0.4, -0.2) is 12.5 Å². The molecule has 0 aliphatic heterocycles. The summed E-state index contributed by atoms with van der Waals surface area (Å²) in [7, 11) is 0. The summed E-state index contributed by atoms with van der Waals surface area (Å²) in [6.07, 6.45) is 3.05. The summed E-state index contributed by atoms with van der Waals surface area (Å²) < 4.78 is 13.6. The van der Waals surface area contributed by atoms with Crippen molar-refractivity contribution in [2.75, 3.05) is 6.54 Å². The minimum absolute atomic E-state index is 0.0441. The topological polar surface area (TPSA) is 55.1 Å². The minimum atomic E-state index is -0.168. The molecular weight excluding hydrogens is 255 g/mol. The summed E-state index contributed by atoms with van der Waals surface area (Å²) >= 11 is 0. The van der Waals surface area contributed by atoms with E-state index in [1.807, 2.05) is 0 Å². The van der Waals surface area contributed by atoms with Gasteiger partial charge in [0.15, 0.2) is 0 Å². The average molecular weight is 278 g/mol. The third-order valence-electron chi connectivity index (χ3n) is 4.26. The van der Waals surface area contributed by atoms with Crippen molar-refractivity contribution >= 4 is 5.91 Å². The van der Waals surface area contributed by atoms with Gasteiger partial charge in [-0.2, -0.15) is 0 Å². The van der Waals surface area contributed by atoms with Gasteiger partial charge < -0.3 is 11.1 Å². The van der Waals surface area contributed by atoms with Gasteiger partial charge in [0.1, 0.15) is 5.82 Å². The molecule has 20 heavy (non-hydrogen) atoms. The zero-order valence-electron chi connectivity index (χ0n) is 12.2. The van der Waals surface area contributed by atoms with Crippen molar-refractivity contribution in [3.63, 3.8) is 0 Å². The second-order valence-corrected chi connectivity index (χ2v) is 5.79. The third kappa shape index (κ3) is 3.18. The molecule has 0 bridgehead atoms. The van der Waals surface area contributed by atoms with E-state index in [0.717, 1.165) is 24.8 Å². The van der Waals surface area contributed by atoms with Gasteiger partial charge in [0.25, 0.3) is 0 Å². The molecule has 2 unspecified atom stereocenters. The average Bonchev–Trinajstić information content (AvgIpc) is 2.90. The second-order valence-electron chi connectivity index (χ2n) is 5.79. The van der Waals surface area contributed by atoms with Crippen LogP contribution < -0.4 is 11.1 Å². The normalized spacial score (nSPS) is 22.0. The Hall–Kier alpha value is -1.42. The van der Waals surface area contributed by atoms with Crippen LogP contribution in [0.25, 0.3) is 0 Å². The Morgan fingerprint density at radius 2 is 2.00 bits per heavy atom. The van der Waals surface area contributed by atoms with Crippen molar-refractivity contribution in [3.8, 4) is 0 Å². The molecule has 1 saturated carbocycles. The van der Waals surface area contributed by atoms with E-state index in [1.165, 1.54) is 0 Å². The van der Waals surface area contributed by atoms with Gasteiger partial charge in [-0.25, -0.2) is 4.39 Å². The van der Waals surface area contributed by atoms with Crippen LogP contribution in [0.5, 0.6) is 0 Å². The maximum Gasteiger partial charge on any atom is 0.223 e. The van der Waals surface area contributed by atoms with Crippen LogP contribution in [0.4, 0.5) is 4.39 Å². The molecule has 1 aliphatic rings. The number of carbonyl (C=O) groups is 1. The number of hydrogen-bond acceptors (Lipinski definition) is 2. The molecule has 1 aliphatic carbocycles. The minimum Gasteiger partial charge on any atom is -0.352 e. The number of nitrogens with one attached hydrogen (secondary N) is 1. The number of halogens is 1. The number of rotatable bonds is 4. The van der Waals surface area contributed by atoms with Gasteiger partial charge in [-0.15, -0.1) is 0 Å². The number of aryl methyl sites for hydroxylation is 2. The van der Waals surface area contributed by atoms with Gasteiger partial charge in [-0.05, 0) is 55.8 Å². The van der Waals surface area contributed by atoms with Crippen LogP contribution in [0.3, 0.4) is 0 Å². The Kier molecular flexibility index (Phi) is 4.76. The van der Waals surface area contributed by atoms with Crippen molar-refractivity contribution in [3.05, 3.63) is 34.6 Å². The molecule has 1 fully saturated rings. The molecule has 0 saturated heterocycles. The lowest BCUT2D eigenvalue weighted by Gasteiger charge is -2.17. The first-order chi connectivity index (χ1) is 9.52. The van der Waals surface area contributed by atoms with E-state index < -0.39 is 0 Å². The first kappa shape index (κ1) is 15.0. The van der Waals surface area contributed by atoms with Crippen LogP contribution in [0.1, 0.15) is 36.0 Å². The summed E-state index contributed by atoms with van der Waals surface area (Å²) in [6.45, 7) is 4.52. The Morgan fingerprint density at radius 1 is 1.35 bits per heavy atom. The molecule has 110 valence electrons. The molecule has 4 heteroatoms. The lowest BCUT2D eigenvalue weighted by Crippen LogP contribution is -2.34. The zero-order valence-corrected chi connectivity index (χ0v) is 12.2. The predicted octanol–water partition coefficient (Wildman–Crippen LogP) is 2.43. The third-order valence-corrected chi connectivity index (χ3v) is 4.26. The quantitative estimate of drug-likeness (QED) is 0.888. The van der Waals surface area contributed by atoms with Crippen LogP contribution in [0.2, 0.25) is 0 Å². The van der Waals surface area contributed by atoms with E-state index in [9.17, 15) is 9.18 Å². The maximum absolute atomic E-state index is 13.6. The summed E-state index contributed by atoms with van der Waals surface area (Å²) in [5.41, 5.74) is 7.89. The molecule has 0 radical (unpaired) electrons. The molecule has 1 aromatic rings. The highest BCUT2D eigenvalue weighted by atomic mass is 19.1. The molecule has 0 spiro atoms. The highest BCUT2D eigenvalue weighted by Crippen LogP contribution is 2.31. The number of amides is 1. The van der Waals surface area contributed by atoms with Crippen molar-refractivity contribution in [1.82, 2.24) is 5.32 Å². The van der Waals surface area contributed by atoms with Gasteiger partial charge in [-0.3, -0.25) is 4.79 Å². The lowest BCUT2D eigenvalue weighted by atomic mass is 9.95. The fourth-order valence-electron chi connectivity index (χ4n) is 3.12. The fourth-order valence-corrected chi connectivity index (χ4v) is 3.12.